The first-order valence-electron chi connectivity index (χ1n) is 9.03. The second-order valence-corrected chi connectivity index (χ2v) is 7.17. The third-order valence-electron chi connectivity index (χ3n) is 5.15. The number of hydrogen-bond acceptors (Lipinski definition) is 4. The molecule has 4 heteroatoms. The van der Waals surface area contributed by atoms with E-state index in [2.05, 4.69) is 36.9 Å². The van der Waals surface area contributed by atoms with E-state index in [1.807, 2.05) is 30.3 Å². The Morgan fingerprint density at radius 3 is 2.41 bits per heavy atom. The fourth-order valence-electron chi connectivity index (χ4n) is 3.95. The number of rotatable bonds is 1. The van der Waals surface area contributed by atoms with Gasteiger partial charge in [0.1, 0.15) is 11.3 Å². The predicted molar refractivity (Wildman–Crippen MR) is 108 cm³/mol. The van der Waals surface area contributed by atoms with Crippen LogP contribution in [0.5, 0.6) is 5.75 Å². The third kappa shape index (κ3) is 2.56. The molecule has 0 unspecified atom stereocenters. The van der Waals surface area contributed by atoms with Crippen LogP contribution in [0.1, 0.15) is 16.7 Å². The van der Waals surface area contributed by atoms with Crippen LogP contribution in [0.15, 0.2) is 63.8 Å². The molecule has 3 aromatic carbocycles. The second kappa shape index (κ2) is 5.88. The van der Waals surface area contributed by atoms with Crippen LogP contribution in [0.25, 0.3) is 21.7 Å². The topological polar surface area (TPSA) is 42.7 Å². The third-order valence-corrected chi connectivity index (χ3v) is 5.15. The zero-order valence-electron chi connectivity index (χ0n) is 15.3. The number of aryl methyl sites for hydroxylation is 2. The molecule has 0 spiro atoms. The second-order valence-electron chi connectivity index (χ2n) is 7.17. The molecule has 1 aromatic heterocycles. The van der Waals surface area contributed by atoms with Crippen LogP contribution in [-0.4, -0.2) is 6.73 Å². The van der Waals surface area contributed by atoms with E-state index in [1.54, 1.807) is 6.07 Å². The molecule has 134 valence electrons. The maximum absolute atomic E-state index is 12.5. The van der Waals surface area contributed by atoms with Crippen molar-refractivity contribution in [1.29, 1.82) is 0 Å². The Morgan fingerprint density at radius 1 is 0.889 bits per heavy atom. The number of ether oxygens (including phenoxy) is 1. The normalized spacial score (nSPS) is 13.6. The standard InChI is InChI=1S/C23H19NO3/c1-14-9-15(2)11-16(10-14)24-12-20-21(26-13-24)8-7-18-17-5-3-4-6-19(17)23(25)27-22(18)20/h3-11H,12-13H2,1-2H3. The van der Waals surface area contributed by atoms with E-state index < -0.39 is 0 Å². The van der Waals surface area contributed by atoms with E-state index in [4.69, 9.17) is 9.15 Å². The van der Waals surface area contributed by atoms with Gasteiger partial charge in [0.15, 0.2) is 6.73 Å². The van der Waals surface area contributed by atoms with E-state index in [9.17, 15) is 4.79 Å². The van der Waals surface area contributed by atoms with E-state index >= 15 is 0 Å². The molecule has 5 rings (SSSR count). The highest BCUT2D eigenvalue weighted by Gasteiger charge is 2.23. The van der Waals surface area contributed by atoms with Crippen molar-refractivity contribution in [2.75, 3.05) is 11.6 Å². The molecule has 0 fully saturated rings. The largest absolute Gasteiger partial charge is 0.473 e. The van der Waals surface area contributed by atoms with Crippen LogP contribution >= 0.6 is 0 Å². The summed E-state index contributed by atoms with van der Waals surface area (Å²) in [5.41, 5.74) is 4.76. The van der Waals surface area contributed by atoms with Gasteiger partial charge in [-0.15, -0.1) is 0 Å². The monoisotopic (exact) mass is 357 g/mol. The van der Waals surface area contributed by atoms with Crippen molar-refractivity contribution in [3.63, 3.8) is 0 Å². The Morgan fingerprint density at radius 2 is 1.63 bits per heavy atom. The number of anilines is 1. The van der Waals surface area contributed by atoms with Crippen molar-refractivity contribution in [3.8, 4) is 5.75 Å². The fraction of sp³-hybridized carbons (Fsp3) is 0.174. The summed E-state index contributed by atoms with van der Waals surface area (Å²) in [6.45, 7) is 5.29. The highest BCUT2D eigenvalue weighted by Crippen LogP contribution is 2.36. The summed E-state index contributed by atoms with van der Waals surface area (Å²) in [6, 6.07) is 18.0. The highest BCUT2D eigenvalue weighted by molar-refractivity contribution is 6.05. The average Bonchev–Trinajstić information content (AvgIpc) is 2.67. The van der Waals surface area contributed by atoms with Gasteiger partial charge in [-0.1, -0.05) is 24.3 Å². The van der Waals surface area contributed by atoms with Gasteiger partial charge < -0.3 is 14.1 Å². The van der Waals surface area contributed by atoms with Gasteiger partial charge in [-0.05, 0) is 60.7 Å². The zero-order valence-corrected chi connectivity index (χ0v) is 15.3. The molecule has 1 aliphatic rings. The summed E-state index contributed by atoms with van der Waals surface area (Å²) in [5.74, 6) is 0.779. The van der Waals surface area contributed by atoms with Gasteiger partial charge in [0.25, 0.3) is 0 Å². The molecule has 1 aliphatic heterocycles. The molecule has 0 saturated heterocycles. The van der Waals surface area contributed by atoms with Gasteiger partial charge in [-0.3, -0.25) is 0 Å². The molecule has 2 heterocycles. The van der Waals surface area contributed by atoms with Crippen molar-refractivity contribution in [1.82, 2.24) is 0 Å². The van der Waals surface area contributed by atoms with Crippen molar-refractivity contribution < 1.29 is 9.15 Å². The Labute approximate surface area is 156 Å². The van der Waals surface area contributed by atoms with E-state index in [-0.39, 0.29) is 5.63 Å². The van der Waals surface area contributed by atoms with Crippen LogP contribution in [-0.2, 0) is 6.54 Å². The SMILES string of the molecule is Cc1cc(C)cc(N2COc3ccc4c(oc(=O)c5ccccc54)c3C2)c1. The van der Waals surface area contributed by atoms with Crippen LogP contribution in [0, 0.1) is 13.8 Å². The maximum atomic E-state index is 12.5. The lowest BCUT2D eigenvalue weighted by molar-refractivity contribution is 0.289. The molecule has 0 N–H and O–H groups in total. The van der Waals surface area contributed by atoms with Crippen molar-refractivity contribution >= 4 is 27.4 Å². The summed E-state index contributed by atoms with van der Waals surface area (Å²) in [5, 5.41) is 2.46. The Balaban J connectivity index is 1.70. The molecule has 27 heavy (non-hydrogen) atoms. The number of hydrogen-bond donors (Lipinski definition) is 0. The average molecular weight is 357 g/mol. The molecule has 4 aromatic rings. The van der Waals surface area contributed by atoms with Crippen molar-refractivity contribution in [2.24, 2.45) is 0 Å². The van der Waals surface area contributed by atoms with Gasteiger partial charge in [-0.2, -0.15) is 0 Å². The minimum absolute atomic E-state index is 0.310. The first-order chi connectivity index (χ1) is 13.1. The molecule has 0 radical (unpaired) electrons. The lowest BCUT2D eigenvalue weighted by atomic mass is 10.0. The summed E-state index contributed by atoms with van der Waals surface area (Å²) in [7, 11) is 0. The van der Waals surface area contributed by atoms with Gasteiger partial charge in [0.05, 0.1) is 17.5 Å². The summed E-state index contributed by atoms with van der Waals surface area (Å²) < 4.78 is 11.7. The van der Waals surface area contributed by atoms with Crippen molar-refractivity contribution in [3.05, 3.63) is 81.7 Å². The van der Waals surface area contributed by atoms with Gasteiger partial charge in [-0.25, -0.2) is 4.79 Å². The molecule has 0 bridgehead atoms. The number of fused-ring (bicyclic) bond motifs is 5. The summed E-state index contributed by atoms with van der Waals surface area (Å²) in [6.07, 6.45) is 0. The molecule has 0 amide bonds. The molecule has 0 aliphatic carbocycles. The lowest BCUT2D eigenvalue weighted by Crippen LogP contribution is -2.32. The van der Waals surface area contributed by atoms with E-state index in [1.165, 1.54) is 11.1 Å². The fourth-order valence-corrected chi connectivity index (χ4v) is 3.95. The van der Waals surface area contributed by atoms with Crippen LogP contribution < -0.4 is 15.3 Å². The molecule has 0 atom stereocenters. The van der Waals surface area contributed by atoms with Gasteiger partial charge in [0, 0.05) is 11.1 Å². The maximum Gasteiger partial charge on any atom is 0.344 e. The quantitative estimate of drug-likeness (QED) is 0.358. The first-order valence-corrected chi connectivity index (χ1v) is 9.03. The predicted octanol–water partition coefficient (Wildman–Crippen LogP) is 4.92. The van der Waals surface area contributed by atoms with Crippen LogP contribution in [0.2, 0.25) is 0 Å². The number of nitrogens with zero attached hydrogens (tertiary/aromatic N) is 1. The van der Waals surface area contributed by atoms with E-state index in [0.29, 0.717) is 24.2 Å². The molecular formula is C23H19NO3. The molecule has 4 nitrogen and oxygen atoms in total. The Hall–Kier alpha value is -3.27. The first kappa shape index (κ1) is 15.9. The summed E-state index contributed by atoms with van der Waals surface area (Å²) in [4.78, 5) is 14.7. The minimum Gasteiger partial charge on any atom is -0.473 e. The highest BCUT2D eigenvalue weighted by atomic mass is 16.5. The lowest BCUT2D eigenvalue weighted by Gasteiger charge is -2.31. The van der Waals surface area contributed by atoms with E-state index in [0.717, 1.165) is 27.8 Å². The minimum atomic E-state index is -0.310. The Kier molecular flexibility index (Phi) is 3.47. The number of benzene rings is 3. The van der Waals surface area contributed by atoms with Crippen molar-refractivity contribution in [2.45, 2.75) is 20.4 Å². The van der Waals surface area contributed by atoms with Gasteiger partial charge in [0.2, 0.25) is 0 Å². The Bertz CT molecular complexity index is 1240. The van der Waals surface area contributed by atoms with Crippen LogP contribution in [0.4, 0.5) is 5.69 Å². The van der Waals surface area contributed by atoms with Gasteiger partial charge >= 0.3 is 5.63 Å². The smallest absolute Gasteiger partial charge is 0.344 e. The zero-order chi connectivity index (χ0) is 18.5. The molecular weight excluding hydrogens is 338 g/mol. The molecule has 0 saturated carbocycles. The van der Waals surface area contributed by atoms with Crippen LogP contribution in [0.3, 0.4) is 0 Å². The summed E-state index contributed by atoms with van der Waals surface area (Å²) >= 11 is 0.